The second kappa shape index (κ2) is 10.7. The molecule has 0 aliphatic carbocycles. The highest BCUT2D eigenvalue weighted by atomic mass is 35.5. The van der Waals surface area contributed by atoms with Crippen LogP contribution in [0.1, 0.15) is 8.35 Å². The Balaban J connectivity index is 0.00000370. The van der Waals surface area contributed by atoms with E-state index >= 15 is 0 Å². The number of pyridine rings is 2. The molecule has 0 saturated carbocycles. The molecular weight excluding hydrogens is 546 g/mol. The Hall–Kier alpha value is -4.49. The maximum absolute atomic E-state index is 13.0. The van der Waals surface area contributed by atoms with E-state index in [-0.39, 0.29) is 28.7 Å². The molecule has 1 aromatic carbocycles. The molecule has 1 N–H and O–H groups in total. The number of anilines is 1. The molecule has 0 bridgehead atoms. The standard InChI is InChI=1S/C25H22ClN7O5S.H2/c1-4-38-18-12-7-9-15(28-18)24-31-23-25(33(24)20-16(36-2)10-8-11-17(20)37-3)30-22(21(26)29-23)32-39(34,35)19-13-5-6-14-27-19;/h5-14H,4H2,1-3H3,(H,30,32);1H. The van der Waals surface area contributed by atoms with Crippen molar-refractivity contribution in [2.24, 2.45) is 0 Å². The van der Waals surface area contributed by atoms with Crippen LogP contribution in [0.4, 0.5) is 5.82 Å². The smallest absolute Gasteiger partial charge is 0.280 e. The van der Waals surface area contributed by atoms with Gasteiger partial charge in [-0.1, -0.05) is 29.8 Å². The minimum atomic E-state index is -4.12. The summed E-state index contributed by atoms with van der Waals surface area (Å²) in [6.45, 7) is 2.28. The van der Waals surface area contributed by atoms with E-state index in [1.54, 1.807) is 53.1 Å². The van der Waals surface area contributed by atoms with Crippen molar-refractivity contribution in [1.82, 2.24) is 29.5 Å². The molecule has 202 valence electrons. The van der Waals surface area contributed by atoms with Crippen molar-refractivity contribution in [3.8, 4) is 34.6 Å². The third-order valence-corrected chi connectivity index (χ3v) is 6.98. The Kier molecular flexibility index (Phi) is 7.17. The Morgan fingerprint density at radius 1 is 0.949 bits per heavy atom. The number of halogens is 1. The summed E-state index contributed by atoms with van der Waals surface area (Å²) in [6, 6.07) is 15.0. The number of aromatic nitrogens is 6. The van der Waals surface area contributed by atoms with Crippen molar-refractivity contribution in [2.45, 2.75) is 11.9 Å². The number of nitrogens with one attached hydrogen (secondary N) is 1. The van der Waals surface area contributed by atoms with Crippen LogP contribution in [0.3, 0.4) is 0 Å². The predicted octanol–water partition coefficient (Wildman–Crippen LogP) is 4.39. The van der Waals surface area contributed by atoms with E-state index in [9.17, 15) is 8.42 Å². The molecule has 0 radical (unpaired) electrons. The van der Waals surface area contributed by atoms with Crippen LogP contribution in [0.5, 0.6) is 17.4 Å². The molecule has 0 fully saturated rings. The quantitative estimate of drug-likeness (QED) is 0.271. The van der Waals surface area contributed by atoms with Gasteiger partial charge in [-0.3, -0.25) is 9.29 Å². The van der Waals surface area contributed by atoms with Gasteiger partial charge in [-0.25, -0.2) is 24.9 Å². The third-order valence-electron chi connectivity index (χ3n) is 5.47. The van der Waals surface area contributed by atoms with Crippen molar-refractivity contribution in [3.05, 3.63) is 65.9 Å². The van der Waals surface area contributed by atoms with Crippen molar-refractivity contribution in [1.29, 1.82) is 0 Å². The average molecular weight is 570 g/mol. The molecule has 5 aromatic rings. The number of hydrogen-bond acceptors (Lipinski definition) is 10. The number of rotatable bonds is 9. The third kappa shape index (κ3) is 5.01. The lowest BCUT2D eigenvalue weighted by Crippen LogP contribution is -2.16. The second-order valence-corrected chi connectivity index (χ2v) is 9.85. The van der Waals surface area contributed by atoms with E-state index in [4.69, 9.17) is 25.8 Å². The molecular formula is C25H24ClN7O5S. The highest BCUT2D eigenvalue weighted by Gasteiger charge is 2.26. The topological polar surface area (TPSA) is 143 Å². The van der Waals surface area contributed by atoms with E-state index in [1.165, 1.54) is 26.5 Å². The lowest BCUT2D eigenvalue weighted by Gasteiger charge is -2.16. The molecule has 0 spiro atoms. The minimum absolute atomic E-state index is 0. The summed E-state index contributed by atoms with van der Waals surface area (Å²) in [7, 11) is -1.09. The summed E-state index contributed by atoms with van der Waals surface area (Å²) < 4.78 is 46.8. The van der Waals surface area contributed by atoms with E-state index < -0.39 is 10.0 Å². The van der Waals surface area contributed by atoms with E-state index in [0.717, 1.165) is 0 Å². The molecule has 0 amide bonds. The zero-order chi connectivity index (χ0) is 27.6. The molecule has 0 saturated heterocycles. The summed E-state index contributed by atoms with van der Waals surface area (Å²) in [6.07, 6.45) is 1.36. The number of para-hydroxylation sites is 1. The zero-order valence-electron chi connectivity index (χ0n) is 21.0. The number of benzene rings is 1. The number of fused-ring (bicyclic) bond motifs is 1. The maximum Gasteiger partial charge on any atom is 0.280 e. The number of sulfonamides is 1. The summed E-state index contributed by atoms with van der Waals surface area (Å²) in [5, 5.41) is -0.415. The normalized spacial score (nSPS) is 11.4. The Morgan fingerprint density at radius 3 is 2.36 bits per heavy atom. The highest BCUT2D eigenvalue weighted by molar-refractivity contribution is 7.92. The molecule has 0 aliphatic heterocycles. The molecule has 0 atom stereocenters. The molecule has 39 heavy (non-hydrogen) atoms. The SMILES string of the molecule is CCOc1cccc(-c2nc3nc(Cl)c(NS(=O)(=O)c4ccccn4)nc3n2-c2c(OC)cccc2OC)n1.[HH]. The van der Waals surface area contributed by atoms with Gasteiger partial charge >= 0.3 is 0 Å². The fraction of sp³-hybridized carbons (Fsp3) is 0.160. The fourth-order valence-corrected chi connectivity index (χ4v) is 5.01. The van der Waals surface area contributed by atoms with E-state index in [1.807, 2.05) is 6.92 Å². The van der Waals surface area contributed by atoms with Crippen molar-refractivity contribution in [2.75, 3.05) is 25.5 Å². The first-order valence-corrected chi connectivity index (χ1v) is 13.4. The molecule has 14 heteroatoms. The second-order valence-electron chi connectivity index (χ2n) is 7.86. The van der Waals surface area contributed by atoms with E-state index in [2.05, 4.69) is 29.6 Å². The first-order valence-electron chi connectivity index (χ1n) is 11.6. The Bertz CT molecular complexity index is 1750. The van der Waals surface area contributed by atoms with Crippen LogP contribution in [-0.4, -0.2) is 58.7 Å². The van der Waals surface area contributed by atoms with E-state index in [0.29, 0.717) is 41.2 Å². The van der Waals surface area contributed by atoms with Gasteiger partial charge in [-0.15, -0.1) is 0 Å². The van der Waals surface area contributed by atoms with Crippen LogP contribution < -0.4 is 18.9 Å². The first-order chi connectivity index (χ1) is 18.9. The van der Waals surface area contributed by atoms with Crippen LogP contribution in [0.25, 0.3) is 28.5 Å². The summed E-state index contributed by atoms with van der Waals surface area (Å²) in [5.74, 6) is 1.36. The fourth-order valence-electron chi connectivity index (χ4n) is 3.83. The number of ether oxygens (including phenoxy) is 3. The summed E-state index contributed by atoms with van der Waals surface area (Å²) in [5.41, 5.74) is 1.17. The molecule has 0 unspecified atom stereocenters. The van der Waals surface area contributed by atoms with Crippen molar-refractivity contribution in [3.63, 3.8) is 0 Å². The number of methoxy groups -OCH3 is 2. The van der Waals surface area contributed by atoms with Gasteiger partial charge in [-0.05, 0) is 37.3 Å². The van der Waals surface area contributed by atoms with Crippen molar-refractivity contribution < 1.29 is 24.1 Å². The van der Waals surface area contributed by atoms with Gasteiger partial charge in [0.1, 0.15) is 22.9 Å². The van der Waals surface area contributed by atoms with Gasteiger partial charge in [0.25, 0.3) is 10.0 Å². The summed E-state index contributed by atoms with van der Waals surface area (Å²) in [4.78, 5) is 22.0. The molecule has 4 heterocycles. The van der Waals surface area contributed by atoms with Crippen LogP contribution in [0.15, 0.2) is 65.8 Å². The highest BCUT2D eigenvalue weighted by Crippen LogP contribution is 2.38. The lowest BCUT2D eigenvalue weighted by atomic mass is 10.2. The molecule has 12 nitrogen and oxygen atoms in total. The summed E-state index contributed by atoms with van der Waals surface area (Å²) >= 11 is 6.38. The average Bonchev–Trinajstić information content (AvgIpc) is 3.31. The monoisotopic (exact) mass is 569 g/mol. The largest absolute Gasteiger partial charge is 0.494 e. The number of hydrogen-bond donors (Lipinski definition) is 1. The van der Waals surface area contributed by atoms with Crippen LogP contribution in [0, 0.1) is 0 Å². The molecule has 0 aliphatic rings. The Labute approximate surface area is 230 Å². The molecule has 4 aromatic heterocycles. The van der Waals surface area contributed by atoms with Crippen LogP contribution in [-0.2, 0) is 10.0 Å². The first kappa shape index (κ1) is 26.1. The van der Waals surface area contributed by atoms with Gasteiger partial charge in [0, 0.05) is 13.7 Å². The van der Waals surface area contributed by atoms with Crippen LogP contribution in [0.2, 0.25) is 5.15 Å². The Morgan fingerprint density at radius 2 is 1.69 bits per heavy atom. The van der Waals surface area contributed by atoms with Crippen LogP contribution >= 0.6 is 11.6 Å². The number of nitrogens with zero attached hydrogens (tertiary/aromatic N) is 6. The predicted molar refractivity (Wildman–Crippen MR) is 146 cm³/mol. The lowest BCUT2D eigenvalue weighted by molar-refractivity contribution is 0.327. The van der Waals surface area contributed by atoms with Crippen molar-refractivity contribution >= 4 is 38.7 Å². The van der Waals surface area contributed by atoms with Gasteiger partial charge < -0.3 is 14.2 Å². The van der Waals surface area contributed by atoms with Gasteiger partial charge in [-0.2, -0.15) is 8.42 Å². The van der Waals surface area contributed by atoms with Gasteiger partial charge in [0.2, 0.25) is 5.88 Å². The van der Waals surface area contributed by atoms with Gasteiger partial charge in [0.15, 0.2) is 33.1 Å². The number of imidazole rings is 1. The minimum Gasteiger partial charge on any atom is -0.494 e. The zero-order valence-corrected chi connectivity index (χ0v) is 22.6. The molecule has 5 rings (SSSR count). The maximum atomic E-state index is 13.0. The van der Waals surface area contributed by atoms with Gasteiger partial charge in [0.05, 0.1) is 20.8 Å².